The predicted octanol–water partition coefficient (Wildman–Crippen LogP) is -0.345. The molecule has 0 aromatic carbocycles. The van der Waals surface area contributed by atoms with E-state index in [-0.39, 0.29) is 0 Å². The van der Waals surface area contributed by atoms with Crippen molar-refractivity contribution in [3.8, 4) is 0 Å². The van der Waals surface area contributed by atoms with Gasteiger partial charge in [0, 0.05) is 31.4 Å². The van der Waals surface area contributed by atoms with Crippen molar-refractivity contribution >= 4 is 5.78 Å². The third-order valence-electron chi connectivity index (χ3n) is 2.69. The van der Waals surface area contributed by atoms with Gasteiger partial charge >= 0.3 is 0 Å². The fourth-order valence-electron chi connectivity index (χ4n) is 1.90. The first-order valence-corrected chi connectivity index (χ1v) is 5.39. The third kappa shape index (κ3) is 1.77. The number of rotatable bonds is 2. The zero-order chi connectivity index (χ0) is 10.8. The summed E-state index contributed by atoms with van der Waals surface area (Å²) in [7, 11) is 0. The van der Waals surface area contributed by atoms with Crippen LogP contribution in [0.5, 0.6) is 0 Å². The molecule has 1 N–H and O–H groups in total. The van der Waals surface area contributed by atoms with Gasteiger partial charge in [-0.3, -0.25) is 4.40 Å². The van der Waals surface area contributed by atoms with Gasteiger partial charge in [0.2, 0.25) is 0 Å². The largest absolute Gasteiger partial charge is 0.379 e. The Morgan fingerprint density at radius 2 is 2.50 bits per heavy atom. The van der Waals surface area contributed by atoms with Gasteiger partial charge in [-0.25, -0.2) is 4.98 Å². The normalized spacial score (nSPS) is 21.4. The van der Waals surface area contributed by atoms with Crippen molar-refractivity contribution < 1.29 is 4.74 Å². The SMILES string of the molecule is c1cnc2nnc(CC3COCCN3)n2c1. The zero-order valence-electron chi connectivity index (χ0n) is 8.83. The van der Waals surface area contributed by atoms with Gasteiger partial charge < -0.3 is 10.1 Å². The molecule has 1 unspecified atom stereocenters. The maximum atomic E-state index is 5.41. The maximum absolute atomic E-state index is 5.41. The molecule has 2 aromatic rings. The molecular weight excluding hydrogens is 206 g/mol. The molecule has 2 aromatic heterocycles. The van der Waals surface area contributed by atoms with Crippen LogP contribution in [-0.4, -0.2) is 45.4 Å². The maximum Gasteiger partial charge on any atom is 0.254 e. The van der Waals surface area contributed by atoms with Gasteiger partial charge in [-0.05, 0) is 6.07 Å². The van der Waals surface area contributed by atoms with Crippen molar-refractivity contribution in [2.75, 3.05) is 19.8 Å². The Balaban J connectivity index is 1.83. The van der Waals surface area contributed by atoms with E-state index in [1.807, 2.05) is 16.7 Å². The Hall–Kier alpha value is -1.53. The van der Waals surface area contributed by atoms with E-state index in [0.717, 1.165) is 32.0 Å². The van der Waals surface area contributed by atoms with E-state index < -0.39 is 0 Å². The molecule has 1 atom stereocenters. The van der Waals surface area contributed by atoms with Gasteiger partial charge in [0.25, 0.3) is 5.78 Å². The Labute approximate surface area is 92.7 Å². The molecule has 6 nitrogen and oxygen atoms in total. The van der Waals surface area contributed by atoms with Crippen LogP contribution < -0.4 is 5.32 Å². The molecule has 0 bridgehead atoms. The second kappa shape index (κ2) is 4.15. The number of nitrogens with one attached hydrogen (secondary N) is 1. The van der Waals surface area contributed by atoms with Crippen LogP contribution in [0.2, 0.25) is 0 Å². The molecule has 16 heavy (non-hydrogen) atoms. The predicted molar refractivity (Wildman–Crippen MR) is 57.1 cm³/mol. The van der Waals surface area contributed by atoms with Gasteiger partial charge in [0.05, 0.1) is 13.2 Å². The molecule has 1 aliphatic heterocycles. The smallest absolute Gasteiger partial charge is 0.254 e. The molecule has 1 aliphatic rings. The first-order valence-electron chi connectivity index (χ1n) is 5.39. The number of nitrogens with zero attached hydrogens (tertiary/aromatic N) is 4. The molecular formula is C10H13N5O. The molecule has 84 valence electrons. The number of aromatic nitrogens is 4. The van der Waals surface area contributed by atoms with Crippen LogP contribution in [0, 0.1) is 0 Å². The van der Waals surface area contributed by atoms with Crippen LogP contribution in [-0.2, 0) is 11.2 Å². The van der Waals surface area contributed by atoms with Gasteiger partial charge in [0.15, 0.2) is 0 Å². The van der Waals surface area contributed by atoms with Crippen LogP contribution in [0.4, 0.5) is 0 Å². The van der Waals surface area contributed by atoms with Crippen molar-refractivity contribution in [1.82, 2.24) is 24.9 Å². The summed E-state index contributed by atoms with van der Waals surface area (Å²) in [6, 6.07) is 2.20. The molecule has 0 amide bonds. The van der Waals surface area contributed by atoms with Crippen molar-refractivity contribution in [1.29, 1.82) is 0 Å². The summed E-state index contributed by atoms with van der Waals surface area (Å²) >= 11 is 0. The van der Waals surface area contributed by atoms with Crippen LogP contribution in [0.15, 0.2) is 18.5 Å². The van der Waals surface area contributed by atoms with Crippen LogP contribution >= 0.6 is 0 Å². The zero-order valence-corrected chi connectivity index (χ0v) is 8.83. The second-order valence-electron chi connectivity index (χ2n) is 3.84. The van der Waals surface area contributed by atoms with Gasteiger partial charge in [-0.2, -0.15) is 0 Å². The lowest BCUT2D eigenvalue weighted by atomic mass is 10.2. The van der Waals surface area contributed by atoms with Crippen LogP contribution in [0.25, 0.3) is 5.78 Å². The molecule has 0 aliphatic carbocycles. The van der Waals surface area contributed by atoms with Crippen molar-refractivity contribution in [2.45, 2.75) is 12.5 Å². The summed E-state index contributed by atoms with van der Waals surface area (Å²) in [5.41, 5.74) is 0. The van der Waals surface area contributed by atoms with Crippen LogP contribution in [0.1, 0.15) is 5.82 Å². The lowest BCUT2D eigenvalue weighted by Crippen LogP contribution is -2.42. The Kier molecular flexibility index (Phi) is 2.51. The highest BCUT2D eigenvalue weighted by Crippen LogP contribution is 2.05. The van der Waals surface area contributed by atoms with Crippen molar-refractivity contribution in [3.05, 3.63) is 24.3 Å². The average Bonchev–Trinajstić information content (AvgIpc) is 2.74. The fraction of sp³-hybridized carbons (Fsp3) is 0.500. The lowest BCUT2D eigenvalue weighted by molar-refractivity contribution is 0.0763. The number of fused-ring (bicyclic) bond motifs is 1. The average molecular weight is 219 g/mol. The minimum absolute atomic E-state index is 0.321. The highest BCUT2D eigenvalue weighted by atomic mass is 16.5. The standard InChI is InChI=1S/C10H13N5O/c1-2-12-10-14-13-9(15(10)4-1)6-8-7-16-5-3-11-8/h1-2,4,8,11H,3,5-7H2. The van der Waals surface area contributed by atoms with Gasteiger partial charge in [-0.1, -0.05) is 0 Å². The van der Waals surface area contributed by atoms with Crippen LogP contribution in [0.3, 0.4) is 0 Å². The van der Waals surface area contributed by atoms with E-state index in [1.165, 1.54) is 0 Å². The summed E-state index contributed by atoms with van der Waals surface area (Å²) in [6.07, 6.45) is 4.46. The van der Waals surface area contributed by atoms with Gasteiger partial charge in [-0.15, -0.1) is 10.2 Å². The number of ether oxygens (including phenoxy) is 1. The Bertz CT molecular complexity index is 477. The summed E-state index contributed by atoms with van der Waals surface area (Å²) in [5, 5.41) is 11.6. The summed E-state index contributed by atoms with van der Waals surface area (Å²) in [5.74, 6) is 1.57. The van der Waals surface area contributed by atoms with E-state index >= 15 is 0 Å². The molecule has 0 radical (unpaired) electrons. The van der Waals surface area contributed by atoms with E-state index in [4.69, 9.17) is 4.74 Å². The number of hydrogen-bond donors (Lipinski definition) is 1. The molecule has 6 heteroatoms. The fourth-order valence-corrected chi connectivity index (χ4v) is 1.90. The summed E-state index contributed by atoms with van der Waals surface area (Å²) in [6.45, 7) is 2.42. The minimum Gasteiger partial charge on any atom is -0.379 e. The summed E-state index contributed by atoms with van der Waals surface area (Å²) < 4.78 is 7.32. The molecule has 1 saturated heterocycles. The molecule has 0 spiro atoms. The van der Waals surface area contributed by atoms with E-state index in [1.54, 1.807) is 6.20 Å². The first-order chi connectivity index (χ1) is 7.93. The van der Waals surface area contributed by atoms with Gasteiger partial charge in [0.1, 0.15) is 5.82 Å². The third-order valence-corrected chi connectivity index (χ3v) is 2.69. The van der Waals surface area contributed by atoms with E-state index in [0.29, 0.717) is 11.8 Å². The molecule has 3 rings (SSSR count). The highest BCUT2D eigenvalue weighted by Gasteiger charge is 2.16. The molecule has 3 heterocycles. The number of morpholine rings is 1. The van der Waals surface area contributed by atoms with E-state index in [2.05, 4.69) is 20.5 Å². The highest BCUT2D eigenvalue weighted by molar-refractivity contribution is 5.26. The topological polar surface area (TPSA) is 64.3 Å². The summed E-state index contributed by atoms with van der Waals surface area (Å²) in [4.78, 5) is 4.13. The molecule has 1 fully saturated rings. The van der Waals surface area contributed by atoms with Crippen molar-refractivity contribution in [2.24, 2.45) is 0 Å². The monoisotopic (exact) mass is 219 g/mol. The quantitative estimate of drug-likeness (QED) is 0.748. The lowest BCUT2D eigenvalue weighted by Gasteiger charge is -2.22. The Morgan fingerprint density at radius 1 is 1.50 bits per heavy atom. The van der Waals surface area contributed by atoms with Crippen molar-refractivity contribution in [3.63, 3.8) is 0 Å². The number of hydrogen-bond acceptors (Lipinski definition) is 5. The second-order valence-corrected chi connectivity index (χ2v) is 3.84. The first kappa shape index (κ1) is 9.68. The Morgan fingerprint density at radius 3 is 3.38 bits per heavy atom. The minimum atomic E-state index is 0.321. The van der Waals surface area contributed by atoms with E-state index in [9.17, 15) is 0 Å². The molecule has 0 saturated carbocycles.